The second-order valence-corrected chi connectivity index (χ2v) is 6.43. The summed E-state index contributed by atoms with van der Waals surface area (Å²) in [6.07, 6.45) is 0. The highest BCUT2D eigenvalue weighted by Gasteiger charge is 2.10. The lowest BCUT2D eigenvalue weighted by Crippen LogP contribution is -2.15. The molecule has 23 heavy (non-hydrogen) atoms. The molecular weight excluding hydrogens is 308 g/mol. The molecule has 122 valence electrons. The maximum Gasteiger partial charge on any atom is 0.250 e. The summed E-state index contributed by atoms with van der Waals surface area (Å²) >= 11 is 1.83. The summed E-state index contributed by atoms with van der Waals surface area (Å²) in [5.74, 6) is 0.617. The Bertz CT molecular complexity index is 661. The van der Waals surface area contributed by atoms with Crippen LogP contribution in [0.1, 0.15) is 25.5 Å². The predicted octanol–water partition coefficient (Wildman–Crippen LogP) is 3.90. The summed E-state index contributed by atoms with van der Waals surface area (Å²) < 4.78 is 0. The first-order valence-electron chi connectivity index (χ1n) is 7.63. The van der Waals surface area contributed by atoms with Crippen LogP contribution in [0.5, 0.6) is 0 Å². The van der Waals surface area contributed by atoms with E-state index in [4.69, 9.17) is 5.11 Å². The van der Waals surface area contributed by atoms with Crippen LogP contribution in [0.2, 0.25) is 0 Å². The van der Waals surface area contributed by atoms with Crippen molar-refractivity contribution in [3.05, 3.63) is 54.1 Å². The van der Waals surface area contributed by atoms with E-state index in [-0.39, 0.29) is 6.04 Å². The largest absolute Gasteiger partial charge is 0.387 e. The molecule has 0 aliphatic rings. The van der Waals surface area contributed by atoms with E-state index in [9.17, 15) is 4.79 Å². The summed E-state index contributed by atoms with van der Waals surface area (Å²) in [7, 11) is 0. The second-order valence-electron chi connectivity index (χ2n) is 5.12. The fourth-order valence-corrected chi connectivity index (χ4v) is 3.24. The Morgan fingerprint density at radius 3 is 2.65 bits per heavy atom. The van der Waals surface area contributed by atoms with Crippen LogP contribution in [0, 0.1) is 0 Å². The van der Waals surface area contributed by atoms with Crippen LogP contribution >= 0.6 is 11.8 Å². The standard InChI is InChI=1S/C18H22N2O2S/c1-3-23-17-10-5-4-9-16(17)13(2)19-14-7-6-8-15(11-14)20-18(22)12-21/h4-11,13,19,21H,3,12H2,1-2H3,(H,20,22). The van der Waals surface area contributed by atoms with Gasteiger partial charge in [-0.25, -0.2) is 0 Å². The average Bonchev–Trinajstić information content (AvgIpc) is 2.56. The van der Waals surface area contributed by atoms with E-state index < -0.39 is 12.5 Å². The maximum atomic E-state index is 11.3. The lowest BCUT2D eigenvalue weighted by atomic mass is 10.1. The van der Waals surface area contributed by atoms with Gasteiger partial charge in [0.2, 0.25) is 5.91 Å². The van der Waals surface area contributed by atoms with Crippen LogP contribution in [-0.4, -0.2) is 23.4 Å². The summed E-state index contributed by atoms with van der Waals surface area (Å²) in [5.41, 5.74) is 2.84. The number of nitrogens with one attached hydrogen (secondary N) is 2. The Morgan fingerprint density at radius 2 is 1.91 bits per heavy atom. The highest BCUT2D eigenvalue weighted by molar-refractivity contribution is 7.99. The molecule has 1 unspecified atom stereocenters. The number of aliphatic hydroxyl groups is 1. The lowest BCUT2D eigenvalue weighted by Gasteiger charge is -2.19. The number of carbonyl (C=O) groups excluding carboxylic acids is 1. The van der Waals surface area contributed by atoms with E-state index >= 15 is 0 Å². The van der Waals surface area contributed by atoms with Gasteiger partial charge < -0.3 is 15.7 Å². The van der Waals surface area contributed by atoms with Crippen LogP contribution in [-0.2, 0) is 4.79 Å². The predicted molar refractivity (Wildman–Crippen MR) is 97.0 cm³/mol. The molecule has 5 heteroatoms. The van der Waals surface area contributed by atoms with Gasteiger partial charge in [0.05, 0.1) is 0 Å². The normalized spacial score (nSPS) is 11.8. The number of aliphatic hydroxyl groups excluding tert-OH is 1. The molecule has 2 aromatic carbocycles. The molecule has 3 N–H and O–H groups in total. The monoisotopic (exact) mass is 330 g/mol. The summed E-state index contributed by atoms with van der Waals surface area (Å²) in [6.45, 7) is 3.75. The zero-order valence-corrected chi connectivity index (χ0v) is 14.2. The molecule has 0 saturated carbocycles. The number of amides is 1. The van der Waals surface area contributed by atoms with E-state index in [1.807, 2.05) is 36.0 Å². The highest BCUT2D eigenvalue weighted by Crippen LogP contribution is 2.29. The van der Waals surface area contributed by atoms with Crippen LogP contribution in [0.3, 0.4) is 0 Å². The number of benzene rings is 2. The number of anilines is 2. The van der Waals surface area contributed by atoms with Crippen molar-refractivity contribution < 1.29 is 9.90 Å². The third-order valence-corrected chi connectivity index (χ3v) is 4.33. The molecule has 0 bridgehead atoms. The van der Waals surface area contributed by atoms with E-state index in [1.54, 1.807) is 6.07 Å². The average molecular weight is 330 g/mol. The van der Waals surface area contributed by atoms with Gasteiger partial charge in [0.25, 0.3) is 0 Å². The number of rotatable bonds is 7. The molecule has 4 nitrogen and oxygen atoms in total. The van der Waals surface area contributed by atoms with Gasteiger partial charge in [-0.2, -0.15) is 0 Å². The molecule has 0 spiro atoms. The number of thioether (sulfide) groups is 1. The Hall–Kier alpha value is -1.98. The third-order valence-electron chi connectivity index (χ3n) is 3.36. The molecule has 0 aromatic heterocycles. The van der Waals surface area contributed by atoms with Crippen molar-refractivity contribution in [3.8, 4) is 0 Å². The number of carbonyl (C=O) groups is 1. The first-order chi connectivity index (χ1) is 11.1. The molecule has 0 fully saturated rings. The van der Waals surface area contributed by atoms with Crippen molar-refractivity contribution in [2.24, 2.45) is 0 Å². The molecule has 0 radical (unpaired) electrons. The van der Waals surface area contributed by atoms with E-state index in [0.29, 0.717) is 5.69 Å². The molecule has 1 amide bonds. The van der Waals surface area contributed by atoms with Crippen LogP contribution in [0.25, 0.3) is 0 Å². The van der Waals surface area contributed by atoms with E-state index in [2.05, 4.69) is 42.7 Å². The fraction of sp³-hybridized carbons (Fsp3) is 0.278. The van der Waals surface area contributed by atoms with Gasteiger partial charge in [0.15, 0.2) is 0 Å². The minimum atomic E-state index is -0.518. The topological polar surface area (TPSA) is 61.4 Å². The Kier molecular flexibility index (Phi) is 6.50. The molecule has 2 rings (SSSR count). The summed E-state index contributed by atoms with van der Waals surface area (Å²) in [6, 6.07) is 16.0. The van der Waals surface area contributed by atoms with Crippen molar-refractivity contribution in [1.29, 1.82) is 0 Å². The minimum Gasteiger partial charge on any atom is -0.387 e. The molecule has 0 heterocycles. The Balaban J connectivity index is 2.12. The highest BCUT2D eigenvalue weighted by atomic mass is 32.2. The van der Waals surface area contributed by atoms with E-state index in [0.717, 1.165) is 11.4 Å². The molecule has 0 aliphatic carbocycles. The first-order valence-corrected chi connectivity index (χ1v) is 8.61. The first kappa shape index (κ1) is 17.4. The fourth-order valence-electron chi connectivity index (χ4n) is 2.34. The van der Waals surface area contributed by atoms with Crippen molar-refractivity contribution in [2.75, 3.05) is 23.0 Å². The maximum absolute atomic E-state index is 11.3. The summed E-state index contributed by atoms with van der Waals surface area (Å²) in [4.78, 5) is 12.5. The van der Waals surface area contributed by atoms with Gasteiger partial charge >= 0.3 is 0 Å². The van der Waals surface area contributed by atoms with Gasteiger partial charge in [0, 0.05) is 22.3 Å². The Labute approximate surface area is 141 Å². The smallest absolute Gasteiger partial charge is 0.250 e. The zero-order valence-electron chi connectivity index (χ0n) is 13.4. The van der Waals surface area contributed by atoms with Crippen LogP contribution in [0.4, 0.5) is 11.4 Å². The minimum absolute atomic E-state index is 0.147. The molecule has 1 atom stereocenters. The molecule has 0 saturated heterocycles. The van der Waals surface area contributed by atoms with Crippen molar-refractivity contribution >= 4 is 29.0 Å². The quantitative estimate of drug-likeness (QED) is 0.674. The van der Waals surface area contributed by atoms with Crippen molar-refractivity contribution in [2.45, 2.75) is 24.8 Å². The van der Waals surface area contributed by atoms with Gasteiger partial charge in [0.1, 0.15) is 6.61 Å². The zero-order chi connectivity index (χ0) is 16.7. The SMILES string of the molecule is CCSc1ccccc1C(C)Nc1cccc(NC(=O)CO)c1. The number of hydrogen-bond acceptors (Lipinski definition) is 4. The van der Waals surface area contributed by atoms with Gasteiger partial charge in [-0.15, -0.1) is 11.8 Å². The van der Waals surface area contributed by atoms with E-state index in [1.165, 1.54) is 10.5 Å². The van der Waals surface area contributed by atoms with Gasteiger partial charge in [-0.05, 0) is 42.5 Å². The summed E-state index contributed by atoms with van der Waals surface area (Å²) in [5, 5.41) is 14.9. The second kappa shape index (κ2) is 8.60. The van der Waals surface area contributed by atoms with Crippen molar-refractivity contribution in [1.82, 2.24) is 0 Å². The number of hydrogen-bond donors (Lipinski definition) is 3. The molecule has 0 aliphatic heterocycles. The molecular formula is C18H22N2O2S. The third kappa shape index (κ3) is 5.01. The van der Waals surface area contributed by atoms with Crippen LogP contribution in [0.15, 0.2) is 53.4 Å². The van der Waals surface area contributed by atoms with Gasteiger partial charge in [-0.3, -0.25) is 4.79 Å². The van der Waals surface area contributed by atoms with Crippen molar-refractivity contribution in [3.63, 3.8) is 0 Å². The molecule has 2 aromatic rings. The van der Waals surface area contributed by atoms with Gasteiger partial charge in [-0.1, -0.05) is 31.2 Å². The van der Waals surface area contributed by atoms with Crippen LogP contribution < -0.4 is 10.6 Å². The Morgan fingerprint density at radius 1 is 1.17 bits per heavy atom. The lowest BCUT2D eigenvalue weighted by molar-refractivity contribution is -0.118.